The number of rotatable bonds is 7. The van der Waals surface area contributed by atoms with Crippen LogP contribution < -0.4 is 10.1 Å². The molecule has 0 spiro atoms. The molecule has 2 heterocycles. The quantitative estimate of drug-likeness (QED) is 0.800. The zero-order chi connectivity index (χ0) is 18.6. The minimum absolute atomic E-state index is 0.0620. The first-order chi connectivity index (χ1) is 12.5. The second-order valence-electron chi connectivity index (χ2n) is 6.03. The van der Waals surface area contributed by atoms with Crippen molar-refractivity contribution in [2.24, 2.45) is 0 Å². The number of anilines is 1. The number of hydrogen-bond donors (Lipinski definition) is 1. The van der Waals surface area contributed by atoms with Crippen LogP contribution in [0.1, 0.15) is 36.7 Å². The van der Waals surface area contributed by atoms with Gasteiger partial charge in [0.15, 0.2) is 5.76 Å². The van der Waals surface area contributed by atoms with Gasteiger partial charge in [-0.15, -0.1) is 0 Å². The topological polar surface area (TPSA) is 88.8 Å². The van der Waals surface area contributed by atoms with Crippen molar-refractivity contribution in [1.82, 2.24) is 4.31 Å². The van der Waals surface area contributed by atoms with Crippen molar-refractivity contribution in [3.05, 3.63) is 42.2 Å². The lowest BCUT2D eigenvalue weighted by atomic mass is 10.3. The van der Waals surface area contributed by atoms with Gasteiger partial charge in [0.1, 0.15) is 5.75 Å². The molecule has 1 N–H and O–H groups in total. The predicted octanol–water partition coefficient (Wildman–Crippen LogP) is 3.11. The number of carbonyl (C=O) groups excluding carboxylic acids is 1. The number of para-hydroxylation sites is 2. The fourth-order valence-electron chi connectivity index (χ4n) is 2.73. The van der Waals surface area contributed by atoms with Gasteiger partial charge in [-0.2, -0.15) is 4.31 Å². The van der Waals surface area contributed by atoms with E-state index in [0.717, 1.165) is 19.3 Å². The highest BCUT2D eigenvalue weighted by Crippen LogP contribution is 2.26. The molecule has 2 aromatic rings. The van der Waals surface area contributed by atoms with Crippen LogP contribution in [0.2, 0.25) is 0 Å². The molecule has 0 atom stereocenters. The second-order valence-corrected chi connectivity index (χ2v) is 7.90. The van der Waals surface area contributed by atoms with Crippen LogP contribution in [0.3, 0.4) is 0 Å². The maximum Gasteiger partial charge on any atom is 0.291 e. The SMILES string of the molecule is CCCOc1ccccc1NC(=O)c1ccc(S(=O)(=O)N2CCCC2)o1. The van der Waals surface area contributed by atoms with Crippen molar-refractivity contribution in [2.45, 2.75) is 31.3 Å². The molecule has 26 heavy (non-hydrogen) atoms. The van der Waals surface area contributed by atoms with Gasteiger partial charge in [-0.25, -0.2) is 8.42 Å². The van der Waals surface area contributed by atoms with Gasteiger partial charge in [-0.1, -0.05) is 19.1 Å². The molecule has 0 bridgehead atoms. The van der Waals surface area contributed by atoms with E-state index in [1.807, 2.05) is 13.0 Å². The van der Waals surface area contributed by atoms with E-state index in [1.54, 1.807) is 18.2 Å². The zero-order valence-corrected chi connectivity index (χ0v) is 15.4. The summed E-state index contributed by atoms with van der Waals surface area (Å²) >= 11 is 0. The third kappa shape index (κ3) is 3.91. The number of nitrogens with one attached hydrogen (secondary N) is 1. The van der Waals surface area contributed by atoms with Crippen LogP contribution in [-0.2, 0) is 10.0 Å². The molecule has 0 saturated carbocycles. The van der Waals surface area contributed by atoms with Crippen molar-refractivity contribution < 1.29 is 22.4 Å². The molecule has 140 valence electrons. The molecule has 0 radical (unpaired) electrons. The molecule has 8 heteroatoms. The number of carbonyl (C=O) groups is 1. The van der Waals surface area contributed by atoms with Crippen LogP contribution >= 0.6 is 0 Å². The molecule has 1 aliphatic heterocycles. The van der Waals surface area contributed by atoms with E-state index in [4.69, 9.17) is 9.15 Å². The Morgan fingerprint density at radius 2 is 1.92 bits per heavy atom. The van der Waals surface area contributed by atoms with Gasteiger partial charge < -0.3 is 14.5 Å². The van der Waals surface area contributed by atoms with Crippen molar-refractivity contribution >= 4 is 21.6 Å². The zero-order valence-electron chi connectivity index (χ0n) is 14.6. The van der Waals surface area contributed by atoms with E-state index in [9.17, 15) is 13.2 Å². The highest BCUT2D eigenvalue weighted by molar-refractivity contribution is 7.89. The Bertz CT molecular complexity index is 869. The lowest BCUT2D eigenvalue weighted by Gasteiger charge is -2.13. The van der Waals surface area contributed by atoms with Gasteiger partial charge in [0.05, 0.1) is 12.3 Å². The molecule has 1 aliphatic rings. The maximum absolute atomic E-state index is 12.5. The summed E-state index contributed by atoms with van der Waals surface area (Å²) in [5.41, 5.74) is 0.506. The summed E-state index contributed by atoms with van der Waals surface area (Å²) in [4.78, 5) is 12.4. The van der Waals surface area contributed by atoms with Crippen molar-refractivity contribution in [3.8, 4) is 5.75 Å². The van der Waals surface area contributed by atoms with Crippen LogP contribution in [0.4, 0.5) is 5.69 Å². The Morgan fingerprint density at radius 1 is 1.19 bits per heavy atom. The van der Waals surface area contributed by atoms with Gasteiger partial charge in [0.25, 0.3) is 15.9 Å². The molecule has 0 aliphatic carbocycles. The fraction of sp³-hybridized carbons (Fsp3) is 0.389. The van der Waals surface area contributed by atoms with E-state index in [1.165, 1.54) is 16.4 Å². The monoisotopic (exact) mass is 378 g/mol. The number of benzene rings is 1. The minimum Gasteiger partial charge on any atom is -0.491 e. The van der Waals surface area contributed by atoms with Gasteiger partial charge >= 0.3 is 0 Å². The third-order valence-electron chi connectivity index (χ3n) is 4.06. The van der Waals surface area contributed by atoms with Crippen molar-refractivity contribution in [2.75, 3.05) is 25.0 Å². The Morgan fingerprint density at radius 3 is 2.65 bits per heavy atom. The Labute approximate surface area is 153 Å². The maximum atomic E-state index is 12.5. The smallest absolute Gasteiger partial charge is 0.291 e. The number of hydrogen-bond acceptors (Lipinski definition) is 5. The first-order valence-electron chi connectivity index (χ1n) is 8.65. The van der Waals surface area contributed by atoms with Crippen LogP contribution in [0.15, 0.2) is 45.9 Å². The largest absolute Gasteiger partial charge is 0.491 e. The van der Waals surface area contributed by atoms with E-state index >= 15 is 0 Å². The van der Waals surface area contributed by atoms with E-state index in [0.29, 0.717) is 31.1 Å². The lowest BCUT2D eigenvalue weighted by molar-refractivity contribution is 0.0991. The first-order valence-corrected chi connectivity index (χ1v) is 10.1. The Kier molecular flexibility index (Phi) is 5.63. The van der Waals surface area contributed by atoms with Crippen LogP contribution in [-0.4, -0.2) is 38.3 Å². The lowest BCUT2D eigenvalue weighted by Crippen LogP contribution is -2.27. The van der Waals surface area contributed by atoms with Gasteiger partial charge in [0, 0.05) is 13.1 Å². The number of nitrogens with zero attached hydrogens (tertiary/aromatic N) is 1. The molecular weight excluding hydrogens is 356 g/mol. The molecule has 0 unspecified atom stereocenters. The van der Waals surface area contributed by atoms with Crippen molar-refractivity contribution in [3.63, 3.8) is 0 Å². The number of amides is 1. The Hall–Kier alpha value is -2.32. The standard InChI is InChI=1S/C18H22N2O5S/c1-2-13-24-15-8-4-3-7-14(15)19-18(21)16-9-10-17(25-16)26(22,23)20-11-5-6-12-20/h3-4,7-10H,2,5-6,11-13H2,1H3,(H,19,21). The van der Waals surface area contributed by atoms with E-state index in [2.05, 4.69) is 5.32 Å². The average molecular weight is 378 g/mol. The van der Waals surface area contributed by atoms with Gasteiger partial charge in [-0.05, 0) is 43.5 Å². The van der Waals surface area contributed by atoms with Crippen LogP contribution in [0.5, 0.6) is 5.75 Å². The molecule has 7 nitrogen and oxygen atoms in total. The highest BCUT2D eigenvalue weighted by atomic mass is 32.2. The molecule has 1 saturated heterocycles. The summed E-state index contributed by atoms with van der Waals surface area (Å²) in [7, 11) is -3.68. The molecule has 1 amide bonds. The van der Waals surface area contributed by atoms with Crippen molar-refractivity contribution in [1.29, 1.82) is 0 Å². The highest BCUT2D eigenvalue weighted by Gasteiger charge is 2.30. The number of ether oxygens (including phenoxy) is 1. The van der Waals surface area contributed by atoms with Crippen LogP contribution in [0.25, 0.3) is 0 Å². The van der Waals surface area contributed by atoms with Crippen LogP contribution in [0, 0.1) is 0 Å². The summed E-state index contributed by atoms with van der Waals surface area (Å²) in [5, 5.41) is 2.50. The second kappa shape index (κ2) is 7.92. The summed E-state index contributed by atoms with van der Waals surface area (Å²) in [6.07, 6.45) is 2.52. The first kappa shape index (κ1) is 18.5. The summed E-state index contributed by atoms with van der Waals surface area (Å²) in [5.74, 6) is -0.0346. The number of furan rings is 1. The molecule has 1 aromatic carbocycles. The number of sulfonamides is 1. The molecule has 1 aromatic heterocycles. The van der Waals surface area contributed by atoms with E-state index < -0.39 is 15.9 Å². The minimum atomic E-state index is -3.68. The average Bonchev–Trinajstić information content (AvgIpc) is 3.33. The molecule has 1 fully saturated rings. The summed E-state index contributed by atoms with van der Waals surface area (Å²) in [6.45, 7) is 3.48. The normalized spacial score (nSPS) is 15.1. The van der Waals surface area contributed by atoms with Gasteiger partial charge in [-0.3, -0.25) is 4.79 Å². The van der Waals surface area contributed by atoms with Gasteiger partial charge in [0.2, 0.25) is 5.09 Å². The predicted molar refractivity (Wildman–Crippen MR) is 96.9 cm³/mol. The summed E-state index contributed by atoms with van der Waals surface area (Å²) < 4.78 is 37.3. The molecule has 3 rings (SSSR count). The summed E-state index contributed by atoms with van der Waals surface area (Å²) in [6, 6.07) is 9.76. The third-order valence-corrected chi connectivity index (χ3v) is 5.83. The Balaban J connectivity index is 1.75. The van der Waals surface area contributed by atoms with E-state index in [-0.39, 0.29) is 10.9 Å². The molecular formula is C18H22N2O5S. The fourth-order valence-corrected chi connectivity index (χ4v) is 4.16.